The van der Waals surface area contributed by atoms with Gasteiger partial charge >= 0.3 is 0 Å². The normalized spacial score (nSPS) is 44.6. The van der Waals surface area contributed by atoms with Crippen molar-refractivity contribution in [2.45, 2.75) is 25.2 Å². The number of nitriles is 1. The molecule has 0 bridgehead atoms. The Labute approximate surface area is 64.0 Å². The lowest BCUT2D eigenvalue weighted by Crippen LogP contribution is -2.06. The highest BCUT2D eigenvalue weighted by Gasteiger charge is 2.71. The van der Waals surface area contributed by atoms with Crippen molar-refractivity contribution in [2.75, 3.05) is 0 Å². The van der Waals surface area contributed by atoms with Gasteiger partial charge in [0.05, 0.1) is 6.07 Å². The highest BCUT2D eigenvalue weighted by atomic mass is 19.3. The Hall–Kier alpha value is -0.650. The predicted molar refractivity (Wildman–Crippen MR) is 34.9 cm³/mol. The lowest BCUT2D eigenvalue weighted by Gasteiger charge is -2.08. The van der Waals surface area contributed by atoms with E-state index < -0.39 is 5.92 Å². The van der Waals surface area contributed by atoms with Gasteiger partial charge in [-0.25, -0.2) is 8.78 Å². The van der Waals surface area contributed by atoms with Gasteiger partial charge < -0.3 is 0 Å². The second kappa shape index (κ2) is 1.94. The molecular weight excluding hydrogens is 148 g/mol. The van der Waals surface area contributed by atoms with E-state index in [2.05, 4.69) is 0 Å². The van der Waals surface area contributed by atoms with E-state index in [-0.39, 0.29) is 17.8 Å². The van der Waals surface area contributed by atoms with E-state index in [0.717, 1.165) is 0 Å². The number of fused-ring (bicyclic) bond motifs is 1. The summed E-state index contributed by atoms with van der Waals surface area (Å²) in [6.07, 6.45) is 1.61. The summed E-state index contributed by atoms with van der Waals surface area (Å²) in [7, 11) is 0. The van der Waals surface area contributed by atoms with Gasteiger partial charge in [-0.1, -0.05) is 0 Å². The maximum Gasteiger partial charge on any atom is 0.254 e. The fourth-order valence-electron chi connectivity index (χ4n) is 2.21. The smallest absolute Gasteiger partial charge is 0.206 e. The Balaban J connectivity index is 1.91. The van der Waals surface area contributed by atoms with Gasteiger partial charge in [-0.3, -0.25) is 0 Å². The van der Waals surface area contributed by atoms with Crippen LogP contribution in [0.4, 0.5) is 8.78 Å². The van der Waals surface area contributed by atoms with Crippen molar-refractivity contribution in [2.24, 2.45) is 17.8 Å². The number of nitrogens with zero attached hydrogens (tertiary/aromatic N) is 1. The Morgan fingerprint density at radius 2 is 1.91 bits per heavy atom. The molecule has 0 heterocycles. The zero-order chi connectivity index (χ0) is 8.06. The fourth-order valence-corrected chi connectivity index (χ4v) is 2.21. The van der Waals surface area contributed by atoms with Crippen LogP contribution in [0.5, 0.6) is 0 Å². The lowest BCUT2D eigenvalue weighted by atomic mass is 10.00. The van der Waals surface area contributed by atoms with E-state index in [9.17, 15) is 8.78 Å². The first-order chi connectivity index (χ1) is 5.16. The zero-order valence-electron chi connectivity index (χ0n) is 6.06. The van der Waals surface area contributed by atoms with Crippen LogP contribution in [-0.4, -0.2) is 5.92 Å². The summed E-state index contributed by atoms with van der Waals surface area (Å²) in [5.41, 5.74) is 0. The minimum atomic E-state index is -2.37. The van der Waals surface area contributed by atoms with Crippen molar-refractivity contribution in [3.8, 4) is 6.07 Å². The lowest BCUT2D eigenvalue weighted by molar-refractivity contribution is 0.0642. The fraction of sp³-hybridized carbons (Fsp3) is 0.875. The van der Waals surface area contributed by atoms with Crippen LogP contribution in [0.25, 0.3) is 0 Å². The quantitative estimate of drug-likeness (QED) is 0.572. The summed E-state index contributed by atoms with van der Waals surface area (Å²) >= 11 is 0. The third-order valence-corrected chi connectivity index (χ3v) is 2.92. The summed E-state index contributed by atoms with van der Waals surface area (Å²) in [5, 5.41) is 8.32. The van der Waals surface area contributed by atoms with Gasteiger partial charge in [-0.15, -0.1) is 0 Å². The largest absolute Gasteiger partial charge is 0.254 e. The van der Waals surface area contributed by atoms with Crippen molar-refractivity contribution < 1.29 is 8.78 Å². The standard InChI is InChI=1S/C8H9F2N/c9-8(10)6-3-5(1-2-11)4-7(6)8/h5-7H,1,3-4H2/t5?,6-,7+. The number of rotatable bonds is 1. The van der Waals surface area contributed by atoms with Gasteiger partial charge in [0.1, 0.15) is 0 Å². The minimum absolute atomic E-state index is 0.259. The van der Waals surface area contributed by atoms with Gasteiger partial charge in [0.15, 0.2) is 0 Å². The van der Waals surface area contributed by atoms with E-state index in [1.165, 1.54) is 0 Å². The van der Waals surface area contributed by atoms with Crippen molar-refractivity contribution in [3.63, 3.8) is 0 Å². The topological polar surface area (TPSA) is 23.8 Å². The molecular formula is C8H9F2N. The molecule has 60 valence electrons. The van der Waals surface area contributed by atoms with Gasteiger partial charge in [0.25, 0.3) is 5.92 Å². The van der Waals surface area contributed by atoms with Crippen LogP contribution in [0.2, 0.25) is 0 Å². The molecule has 0 N–H and O–H groups in total. The Morgan fingerprint density at radius 1 is 1.36 bits per heavy atom. The van der Waals surface area contributed by atoms with Crippen LogP contribution in [0.15, 0.2) is 0 Å². The van der Waals surface area contributed by atoms with E-state index in [0.29, 0.717) is 19.3 Å². The molecule has 0 aromatic rings. The highest BCUT2D eigenvalue weighted by molar-refractivity contribution is 5.11. The number of alkyl halides is 2. The summed E-state index contributed by atoms with van der Waals surface area (Å²) in [6, 6.07) is 2.03. The van der Waals surface area contributed by atoms with E-state index in [4.69, 9.17) is 5.26 Å². The maximum atomic E-state index is 12.6. The van der Waals surface area contributed by atoms with Gasteiger partial charge in [0, 0.05) is 18.3 Å². The molecule has 2 rings (SSSR count). The van der Waals surface area contributed by atoms with Crippen LogP contribution in [-0.2, 0) is 0 Å². The second-order valence-electron chi connectivity index (χ2n) is 3.59. The molecule has 2 aliphatic rings. The average molecular weight is 157 g/mol. The SMILES string of the molecule is N#CCC1C[C@@H]2[C@H](C1)C2(F)F. The summed E-state index contributed by atoms with van der Waals surface area (Å²) < 4.78 is 25.1. The molecule has 2 saturated carbocycles. The van der Waals surface area contributed by atoms with E-state index in [1.54, 1.807) is 0 Å². The molecule has 2 aliphatic carbocycles. The summed E-state index contributed by atoms with van der Waals surface area (Å²) in [4.78, 5) is 0. The van der Waals surface area contributed by atoms with Gasteiger partial charge in [0.2, 0.25) is 0 Å². The molecule has 0 saturated heterocycles. The van der Waals surface area contributed by atoms with E-state index >= 15 is 0 Å². The predicted octanol–water partition coefficient (Wildman–Crippen LogP) is 2.19. The molecule has 0 aromatic carbocycles. The van der Waals surface area contributed by atoms with Crippen molar-refractivity contribution >= 4 is 0 Å². The van der Waals surface area contributed by atoms with Crippen LogP contribution in [0.1, 0.15) is 19.3 Å². The first-order valence-corrected chi connectivity index (χ1v) is 3.91. The van der Waals surface area contributed by atoms with Gasteiger partial charge in [-0.2, -0.15) is 5.26 Å². The first kappa shape index (κ1) is 7.02. The van der Waals surface area contributed by atoms with Crippen molar-refractivity contribution in [1.82, 2.24) is 0 Å². The number of hydrogen-bond donors (Lipinski definition) is 0. The monoisotopic (exact) mass is 157 g/mol. The molecule has 3 atom stereocenters. The Morgan fingerprint density at radius 3 is 2.36 bits per heavy atom. The third-order valence-electron chi connectivity index (χ3n) is 2.92. The number of halogens is 2. The maximum absolute atomic E-state index is 12.6. The summed E-state index contributed by atoms with van der Waals surface area (Å²) in [6.45, 7) is 0. The third kappa shape index (κ3) is 0.852. The molecule has 3 heteroatoms. The van der Waals surface area contributed by atoms with Crippen molar-refractivity contribution in [3.05, 3.63) is 0 Å². The zero-order valence-corrected chi connectivity index (χ0v) is 6.06. The molecule has 0 aromatic heterocycles. The number of hydrogen-bond acceptors (Lipinski definition) is 1. The molecule has 1 unspecified atom stereocenters. The molecule has 2 fully saturated rings. The van der Waals surface area contributed by atoms with Crippen LogP contribution in [0, 0.1) is 29.1 Å². The van der Waals surface area contributed by atoms with Crippen LogP contribution >= 0.6 is 0 Å². The Bertz CT molecular complexity index is 205. The van der Waals surface area contributed by atoms with Crippen LogP contribution < -0.4 is 0 Å². The molecule has 0 radical (unpaired) electrons. The molecule has 0 amide bonds. The average Bonchev–Trinajstić information content (AvgIpc) is 2.37. The molecule has 11 heavy (non-hydrogen) atoms. The van der Waals surface area contributed by atoms with Gasteiger partial charge in [-0.05, 0) is 18.8 Å². The molecule has 0 aliphatic heterocycles. The highest BCUT2D eigenvalue weighted by Crippen LogP contribution is 2.66. The first-order valence-electron chi connectivity index (χ1n) is 3.91. The van der Waals surface area contributed by atoms with Crippen molar-refractivity contribution in [1.29, 1.82) is 5.26 Å². The van der Waals surface area contributed by atoms with Crippen LogP contribution in [0.3, 0.4) is 0 Å². The Kier molecular flexibility index (Phi) is 1.24. The molecule has 1 nitrogen and oxygen atoms in total. The second-order valence-corrected chi connectivity index (χ2v) is 3.59. The summed E-state index contributed by atoms with van der Waals surface area (Å²) in [5.74, 6) is -2.86. The minimum Gasteiger partial charge on any atom is -0.206 e. The van der Waals surface area contributed by atoms with E-state index in [1.807, 2.05) is 6.07 Å². The molecule has 0 spiro atoms.